The van der Waals surface area contributed by atoms with Gasteiger partial charge in [0.1, 0.15) is 6.04 Å². The molecule has 0 radical (unpaired) electrons. The van der Waals surface area contributed by atoms with Crippen molar-refractivity contribution in [1.82, 2.24) is 10.2 Å². The molecule has 0 spiro atoms. The number of benzene rings is 2. The molecule has 1 unspecified atom stereocenters. The maximum Gasteiger partial charge on any atom is 0.242 e. The summed E-state index contributed by atoms with van der Waals surface area (Å²) >= 11 is 24.5. The third kappa shape index (κ3) is 6.77. The highest BCUT2D eigenvalue weighted by Crippen LogP contribution is 2.26. The maximum atomic E-state index is 13.3. The van der Waals surface area contributed by atoms with Crippen molar-refractivity contribution in [3.05, 3.63) is 67.6 Å². The Morgan fingerprint density at radius 2 is 1.69 bits per heavy atom. The van der Waals surface area contributed by atoms with Gasteiger partial charge in [0.15, 0.2) is 0 Å². The van der Waals surface area contributed by atoms with Crippen LogP contribution in [0, 0.1) is 0 Å². The molecule has 8 heteroatoms. The van der Waals surface area contributed by atoms with Crippen molar-refractivity contribution in [2.24, 2.45) is 0 Å². The van der Waals surface area contributed by atoms with Gasteiger partial charge in [-0.25, -0.2) is 0 Å². The first-order valence-corrected chi connectivity index (χ1v) is 12.2. The molecule has 1 N–H and O–H groups in total. The number of amides is 2. The lowest BCUT2D eigenvalue weighted by atomic mass is 9.95. The zero-order valence-corrected chi connectivity index (χ0v) is 20.9. The van der Waals surface area contributed by atoms with Crippen LogP contribution in [0.2, 0.25) is 20.1 Å². The standard InChI is InChI=1S/C24H26Cl4N2O2/c1-15(24(32)29-19-5-3-2-4-6-19)30(14-16-7-10-20(26)22(28)11-16)23(31)12-17-8-9-18(25)13-21(17)27/h7-11,13,15,19H,2-6,12,14H2,1H3,(H,29,32). The molecular formula is C24H26Cl4N2O2. The monoisotopic (exact) mass is 514 g/mol. The Morgan fingerprint density at radius 3 is 2.34 bits per heavy atom. The third-order valence-electron chi connectivity index (χ3n) is 5.81. The maximum absolute atomic E-state index is 13.3. The number of hydrogen-bond acceptors (Lipinski definition) is 2. The van der Waals surface area contributed by atoms with Crippen LogP contribution in [-0.4, -0.2) is 28.8 Å². The van der Waals surface area contributed by atoms with Gasteiger partial charge in [-0.15, -0.1) is 0 Å². The minimum absolute atomic E-state index is 0.0539. The fraction of sp³-hybridized carbons (Fsp3) is 0.417. The minimum atomic E-state index is -0.662. The molecule has 1 fully saturated rings. The predicted molar refractivity (Wildman–Crippen MR) is 132 cm³/mol. The molecule has 2 aromatic carbocycles. The van der Waals surface area contributed by atoms with E-state index >= 15 is 0 Å². The molecule has 0 saturated heterocycles. The summed E-state index contributed by atoms with van der Waals surface area (Å²) in [4.78, 5) is 27.9. The van der Waals surface area contributed by atoms with Crippen LogP contribution in [0.25, 0.3) is 0 Å². The van der Waals surface area contributed by atoms with E-state index in [0.29, 0.717) is 25.7 Å². The van der Waals surface area contributed by atoms with Crippen molar-refractivity contribution in [3.63, 3.8) is 0 Å². The van der Waals surface area contributed by atoms with Crippen molar-refractivity contribution < 1.29 is 9.59 Å². The van der Waals surface area contributed by atoms with Crippen LogP contribution >= 0.6 is 46.4 Å². The molecule has 0 aliphatic heterocycles. The van der Waals surface area contributed by atoms with Gasteiger partial charge in [-0.3, -0.25) is 9.59 Å². The van der Waals surface area contributed by atoms with Crippen LogP contribution in [0.1, 0.15) is 50.2 Å². The van der Waals surface area contributed by atoms with Crippen LogP contribution in [0.5, 0.6) is 0 Å². The summed E-state index contributed by atoms with van der Waals surface area (Å²) in [5.74, 6) is -0.376. The summed E-state index contributed by atoms with van der Waals surface area (Å²) in [6.07, 6.45) is 5.42. The van der Waals surface area contributed by atoms with E-state index in [2.05, 4.69) is 5.32 Å². The van der Waals surface area contributed by atoms with Crippen LogP contribution in [0.4, 0.5) is 0 Å². The molecule has 2 amide bonds. The highest BCUT2D eigenvalue weighted by Gasteiger charge is 2.28. The van der Waals surface area contributed by atoms with E-state index in [-0.39, 0.29) is 30.8 Å². The Kier molecular flexibility index (Phi) is 9.13. The number of halogens is 4. The molecule has 2 aromatic rings. The van der Waals surface area contributed by atoms with Gasteiger partial charge < -0.3 is 10.2 Å². The predicted octanol–water partition coefficient (Wildman–Crippen LogP) is 6.71. The molecule has 172 valence electrons. The summed E-state index contributed by atoms with van der Waals surface area (Å²) in [5, 5.41) is 4.87. The molecule has 1 aliphatic carbocycles. The summed E-state index contributed by atoms with van der Waals surface area (Å²) in [6, 6.07) is 9.72. The van der Waals surface area contributed by atoms with Crippen LogP contribution in [0.15, 0.2) is 36.4 Å². The van der Waals surface area contributed by atoms with Crippen molar-refractivity contribution in [2.45, 2.75) is 64.1 Å². The highest BCUT2D eigenvalue weighted by molar-refractivity contribution is 6.42. The average molecular weight is 516 g/mol. The Morgan fingerprint density at radius 1 is 0.969 bits per heavy atom. The van der Waals surface area contributed by atoms with Crippen LogP contribution < -0.4 is 5.32 Å². The van der Waals surface area contributed by atoms with Gasteiger partial charge in [-0.1, -0.05) is 77.8 Å². The number of rotatable bonds is 7. The van der Waals surface area contributed by atoms with E-state index in [1.165, 1.54) is 6.42 Å². The fourth-order valence-electron chi connectivity index (χ4n) is 3.92. The second kappa shape index (κ2) is 11.6. The lowest BCUT2D eigenvalue weighted by Crippen LogP contribution is -2.50. The van der Waals surface area contributed by atoms with Gasteiger partial charge in [-0.2, -0.15) is 0 Å². The number of carbonyl (C=O) groups excluding carboxylic acids is 2. The summed E-state index contributed by atoms with van der Waals surface area (Å²) in [5.41, 5.74) is 1.44. The Labute approximate surface area is 209 Å². The molecule has 1 atom stereocenters. The van der Waals surface area contributed by atoms with Gasteiger partial charge in [0.2, 0.25) is 11.8 Å². The normalized spacial score (nSPS) is 15.3. The Bertz CT molecular complexity index is 976. The second-order valence-corrected chi connectivity index (χ2v) is 9.86. The summed E-state index contributed by atoms with van der Waals surface area (Å²) in [6.45, 7) is 1.97. The largest absolute Gasteiger partial charge is 0.352 e. The molecule has 0 bridgehead atoms. The smallest absolute Gasteiger partial charge is 0.242 e. The molecule has 0 heterocycles. The molecule has 0 aromatic heterocycles. The van der Waals surface area contributed by atoms with Gasteiger partial charge in [0.25, 0.3) is 0 Å². The van der Waals surface area contributed by atoms with Crippen molar-refractivity contribution in [3.8, 4) is 0 Å². The average Bonchev–Trinajstić information content (AvgIpc) is 2.76. The molecule has 1 aliphatic rings. The summed E-state index contributed by atoms with van der Waals surface area (Å²) in [7, 11) is 0. The highest BCUT2D eigenvalue weighted by atomic mass is 35.5. The molecule has 32 heavy (non-hydrogen) atoms. The number of nitrogens with zero attached hydrogens (tertiary/aromatic N) is 1. The van der Waals surface area contributed by atoms with E-state index in [4.69, 9.17) is 46.4 Å². The molecule has 1 saturated carbocycles. The lowest BCUT2D eigenvalue weighted by molar-refractivity contribution is -0.140. The zero-order chi connectivity index (χ0) is 23.3. The van der Waals surface area contributed by atoms with E-state index in [0.717, 1.165) is 31.2 Å². The van der Waals surface area contributed by atoms with Gasteiger partial charge in [-0.05, 0) is 55.2 Å². The quantitative estimate of drug-likeness (QED) is 0.445. The molecule has 3 rings (SSSR count). The first-order chi connectivity index (χ1) is 15.2. The first-order valence-electron chi connectivity index (χ1n) is 10.7. The number of nitrogens with one attached hydrogen (secondary N) is 1. The number of hydrogen-bond donors (Lipinski definition) is 1. The van der Waals surface area contributed by atoms with Gasteiger partial charge in [0, 0.05) is 22.6 Å². The molecule has 4 nitrogen and oxygen atoms in total. The van der Waals surface area contributed by atoms with Gasteiger partial charge in [0.05, 0.1) is 16.5 Å². The Balaban J connectivity index is 1.80. The van der Waals surface area contributed by atoms with E-state index in [1.807, 2.05) is 0 Å². The second-order valence-electron chi connectivity index (χ2n) is 8.20. The first kappa shape index (κ1) is 25.2. The SMILES string of the molecule is CC(C(=O)NC1CCCCC1)N(Cc1ccc(Cl)c(Cl)c1)C(=O)Cc1ccc(Cl)cc1Cl. The fourth-order valence-corrected chi connectivity index (χ4v) is 4.71. The Hall–Kier alpha value is -1.46. The zero-order valence-electron chi connectivity index (χ0n) is 17.8. The van der Waals surface area contributed by atoms with Crippen LogP contribution in [0.3, 0.4) is 0 Å². The van der Waals surface area contributed by atoms with Crippen molar-refractivity contribution in [2.75, 3.05) is 0 Å². The number of carbonyl (C=O) groups is 2. The van der Waals surface area contributed by atoms with E-state index < -0.39 is 6.04 Å². The third-order valence-corrected chi connectivity index (χ3v) is 7.14. The van der Waals surface area contributed by atoms with Crippen molar-refractivity contribution >= 4 is 58.2 Å². The van der Waals surface area contributed by atoms with Gasteiger partial charge >= 0.3 is 0 Å². The minimum Gasteiger partial charge on any atom is -0.352 e. The van der Waals surface area contributed by atoms with E-state index in [9.17, 15) is 9.59 Å². The topological polar surface area (TPSA) is 49.4 Å². The molecular weight excluding hydrogens is 490 g/mol. The van der Waals surface area contributed by atoms with Crippen LogP contribution in [-0.2, 0) is 22.6 Å². The summed E-state index contributed by atoms with van der Waals surface area (Å²) < 4.78 is 0. The van der Waals surface area contributed by atoms with Crippen molar-refractivity contribution in [1.29, 1.82) is 0 Å². The lowest BCUT2D eigenvalue weighted by Gasteiger charge is -2.31. The van der Waals surface area contributed by atoms with E-state index in [1.54, 1.807) is 48.2 Å².